The van der Waals surface area contributed by atoms with Gasteiger partial charge in [0.15, 0.2) is 6.29 Å². The van der Waals surface area contributed by atoms with E-state index in [2.05, 4.69) is 31.3 Å². The van der Waals surface area contributed by atoms with Gasteiger partial charge in [0.2, 0.25) is 5.91 Å². The molecule has 0 aliphatic carbocycles. The van der Waals surface area contributed by atoms with Crippen LogP contribution in [0.2, 0.25) is 0 Å². The number of unbranched alkanes of at least 4 members (excludes halogenated alkanes) is 46. The number of hydrogen-bond donors (Lipinski definition) is 6. The molecular formula is C70H133NO10. The van der Waals surface area contributed by atoms with E-state index in [0.717, 1.165) is 51.4 Å². The molecule has 0 aromatic rings. The number of ether oxygens (including phenoxy) is 3. The Bertz CT molecular complexity index is 1390. The zero-order valence-corrected chi connectivity index (χ0v) is 53.0. The summed E-state index contributed by atoms with van der Waals surface area (Å²) in [4.78, 5) is 25.1. The van der Waals surface area contributed by atoms with Crippen LogP contribution >= 0.6 is 0 Å². The Morgan fingerprint density at radius 2 is 0.790 bits per heavy atom. The molecule has 1 aliphatic heterocycles. The zero-order valence-electron chi connectivity index (χ0n) is 53.0. The first kappa shape index (κ1) is 77.2. The molecule has 6 N–H and O–H groups in total. The van der Waals surface area contributed by atoms with Crippen LogP contribution in [0, 0.1) is 0 Å². The molecule has 11 nitrogen and oxygen atoms in total. The molecule has 1 saturated heterocycles. The lowest BCUT2D eigenvalue weighted by atomic mass is 9.99. The van der Waals surface area contributed by atoms with Crippen molar-refractivity contribution in [3.8, 4) is 0 Å². The number of esters is 1. The van der Waals surface area contributed by atoms with Gasteiger partial charge >= 0.3 is 5.97 Å². The van der Waals surface area contributed by atoms with E-state index in [-0.39, 0.29) is 18.5 Å². The molecule has 1 rings (SSSR count). The predicted molar refractivity (Wildman–Crippen MR) is 338 cm³/mol. The van der Waals surface area contributed by atoms with Crippen LogP contribution in [0.3, 0.4) is 0 Å². The van der Waals surface area contributed by atoms with E-state index in [1.54, 1.807) is 6.08 Å². The topological polar surface area (TPSA) is 175 Å². The fourth-order valence-electron chi connectivity index (χ4n) is 11.3. The molecule has 478 valence electrons. The van der Waals surface area contributed by atoms with Gasteiger partial charge in [0, 0.05) is 12.8 Å². The summed E-state index contributed by atoms with van der Waals surface area (Å²) in [6, 6.07) is -0.807. The van der Waals surface area contributed by atoms with Crippen LogP contribution < -0.4 is 5.32 Å². The minimum Gasteiger partial charge on any atom is -0.466 e. The Labute approximate surface area is 499 Å². The van der Waals surface area contributed by atoms with E-state index in [1.165, 1.54) is 270 Å². The third kappa shape index (κ3) is 49.0. The van der Waals surface area contributed by atoms with E-state index in [4.69, 9.17) is 14.2 Å². The minimum absolute atomic E-state index is 0.00986. The third-order valence-electron chi connectivity index (χ3n) is 16.8. The van der Waals surface area contributed by atoms with Gasteiger partial charge in [-0.3, -0.25) is 9.59 Å². The largest absolute Gasteiger partial charge is 0.466 e. The maximum absolute atomic E-state index is 13.0. The quantitative estimate of drug-likeness (QED) is 0.0195. The van der Waals surface area contributed by atoms with Crippen molar-refractivity contribution in [3.05, 3.63) is 24.3 Å². The summed E-state index contributed by atoms with van der Waals surface area (Å²) >= 11 is 0. The van der Waals surface area contributed by atoms with Crippen LogP contribution in [0.1, 0.15) is 348 Å². The number of nitrogens with one attached hydrogen (secondary N) is 1. The molecule has 0 aromatic carbocycles. The van der Waals surface area contributed by atoms with Crippen molar-refractivity contribution in [1.82, 2.24) is 5.32 Å². The molecule has 7 unspecified atom stereocenters. The third-order valence-corrected chi connectivity index (χ3v) is 16.8. The number of hydrogen-bond acceptors (Lipinski definition) is 10. The van der Waals surface area contributed by atoms with Crippen LogP contribution in [-0.2, 0) is 23.8 Å². The SMILES string of the molecule is CCCCCCCCCCC/C=C/C(O)C(COC1OC(CO)C(O)C(O)C1O)NC(=O)CCCCCCCCCCCCCCCCC/C=C\CCCCCCCCCCCCCCOC(=O)CCCCCCCCCCCCC. The monoisotopic (exact) mass is 1150 g/mol. The van der Waals surface area contributed by atoms with Crippen molar-refractivity contribution in [1.29, 1.82) is 0 Å². The number of amides is 1. The minimum atomic E-state index is -1.57. The molecule has 0 radical (unpaired) electrons. The van der Waals surface area contributed by atoms with E-state index in [9.17, 15) is 35.1 Å². The maximum Gasteiger partial charge on any atom is 0.305 e. The molecule has 0 saturated carbocycles. The van der Waals surface area contributed by atoms with E-state index in [0.29, 0.717) is 19.4 Å². The van der Waals surface area contributed by atoms with Gasteiger partial charge < -0.3 is 45.1 Å². The van der Waals surface area contributed by atoms with Crippen LogP contribution in [0.4, 0.5) is 0 Å². The van der Waals surface area contributed by atoms with Crippen LogP contribution in [0.5, 0.6) is 0 Å². The number of aliphatic hydroxyl groups excluding tert-OH is 5. The van der Waals surface area contributed by atoms with Gasteiger partial charge in [0.1, 0.15) is 24.4 Å². The molecule has 11 heteroatoms. The van der Waals surface area contributed by atoms with Gasteiger partial charge in [-0.05, 0) is 57.8 Å². The van der Waals surface area contributed by atoms with Crippen LogP contribution in [0.15, 0.2) is 24.3 Å². The highest BCUT2D eigenvalue weighted by molar-refractivity contribution is 5.76. The van der Waals surface area contributed by atoms with Crippen molar-refractivity contribution in [2.45, 2.75) is 391 Å². The average Bonchev–Trinajstić information content (AvgIpc) is 3.47. The van der Waals surface area contributed by atoms with E-state index >= 15 is 0 Å². The first-order chi connectivity index (χ1) is 39.7. The summed E-state index contributed by atoms with van der Waals surface area (Å²) in [5.74, 6) is -0.169. The van der Waals surface area contributed by atoms with Gasteiger partial charge in [-0.2, -0.15) is 0 Å². The van der Waals surface area contributed by atoms with Crippen molar-refractivity contribution in [2.24, 2.45) is 0 Å². The highest BCUT2D eigenvalue weighted by atomic mass is 16.7. The number of rotatable bonds is 62. The number of aliphatic hydroxyl groups is 5. The second kappa shape index (κ2) is 59.9. The zero-order chi connectivity index (χ0) is 58.7. The summed E-state index contributed by atoms with van der Waals surface area (Å²) in [5, 5.41) is 54.4. The first-order valence-electron chi connectivity index (χ1n) is 35.1. The van der Waals surface area contributed by atoms with E-state index < -0.39 is 49.5 Å². The molecule has 1 amide bonds. The average molecular weight is 1150 g/mol. The fourth-order valence-corrected chi connectivity index (χ4v) is 11.3. The lowest BCUT2D eigenvalue weighted by molar-refractivity contribution is -0.302. The number of carbonyl (C=O) groups excluding carboxylic acids is 2. The Morgan fingerprint density at radius 3 is 1.19 bits per heavy atom. The second-order valence-corrected chi connectivity index (χ2v) is 24.6. The highest BCUT2D eigenvalue weighted by Gasteiger charge is 2.44. The van der Waals surface area contributed by atoms with Gasteiger partial charge in [-0.15, -0.1) is 0 Å². The molecule has 1 fully saturated rings. The first-order valence-corrected chi connectivity index (χ1v) is 35.1. The number of carbonyl (C=O) groups is 2. The Morgan fingerprint density at radius 1 is 0.444 bits per heavy atom. The van der Waals surface area contributed by atoms with Gasteiger partial charge in [0.05, 0.1) is 32.0 Å². The Balaban J connectivity index is 1.95. The molecule has 0 aromatic heterocycles. The van der Waals surface area contributed by atoms with Crippen molar-refractivity contribution >= 4 is 11.9 Å². The molecule has 7 atom stereocenters. The van der Waals surface area contributed by atoms with Crippen LogP contribution in [-0.4, -0.2) is 100 Å². The van der Waals surface area contributed by atoms with Crippen molar-refractivity contribution < 1.29 is 49.3 Å². The molecular weight excluding hydrogens is 1010 g/mol. The molecule has 1 aliphatic rings. The van der Waals surface area contributed by atoms with Gasteiger partial charge in [-0.1, -0.05) is 301 Å². The van der Waals surface area contributed by atoms with Gasteiger partial charge in [-0.25, -0.2) is 0 Å². The fraction of sp³-hybridized carbons (Fsp3) is 0.914. The summed E-state index contributed by atoms with van der Waals surface area (Å²) in [6.07, 6.45) is 64.6. The molecule has 1 heterocycles. The Kier molecular flexibility index (Phi) is 57.0. The second-order valence-electron chi connectivity index (χ2n) is 24.6. The Hall–Kier alpha value is -1.86. The van der Waals surface area contributed by atoms with Crippen molar-refractivity contribution in [3.63, 3.8) is 0 Å². The predicted octanol–water partition coefficient (Wildman–Crippen LogP) is 17.6. The normalized spacial score (nSPS) is 18.3. The lowest BCUT2D eigenvalue weighted by Gasteiger charge is -2.40. The molecule has 81 heavy (non-hydrogen) atoms. The smallest absolute Gasteiger partial charge is 0.305 e. The standard InChI is InChI=1S/C70H133NO10/c1-3-5-7-9-11-13-36-40-44-48-52-56-63(73)62(61-80-70-69(78)68(77)67(76)64(60-72)81-70)71-65(74)57-53-49-45-41-38-34-32-30-28-26-24-22-20-18-16-15-17-19-21-23-25-27-29-31-33-35-39-43-47-51-55-59-79-66(75)58-54-50-46-42-37-14-12-10-8-6-4-2/h17,19,52,56,62-64,67-70,72-73,76-78H,3-16,18,20-51,53-55,57-61H2,1-2H3,(H,71,74)/b19-17-,56-52+. The van der Waals surface area contributed by atoms with Crippen LogP contribution in [0.25, 0.3) is 0 Å². The summed E-state index contributed by atoms with van der Waals surface area (Å²) < 4.78 is 16.7. The highest BCUT2D eigenvalue weighted by Crippen LogP contribution is 2.23. The van der Waals surface area contributed by atoms with Gasteiger partial charge in [0.25, 0.3) is 0 Å². The van der Waals surface area contributed by atoms with Crippen molar-refractivity contribution in [2.75, 3.05) is 19.8 Å². The molecule has 0 spiro atoms. The summed E-state index contributed by atoms with van der Waals surface area (Å²) in [5.41, 5.74) is 0. The maximum atomic E-state index is 13.0. The molecule has 0 bridgehead atoms. The lowest BCUT2D eigenvalue weighted by Crippen LogP contribution is -2.60. The summed E-state index contributed by atoms with van der Waals surface area (Å²) in [6.45, 7) is 4.36. The summed E-state index contributed by atoms with van der Waals surface area (Å²) in [7, 11) is 0. The van der Waals surface area contributed by atoms with E-state index in [1.807, 2.05) is 6.08 Å². The number of allylic oxidation sites excluding steroid dienone is 3.